The summed E-state index contributed by atoms with van der Waals surface area (Å²) in [6, 6.07) is 4.60. The van der Waals surface area contributed by atoms with E-state index >= 15 is 0 Å². The van der Waals surface area contributed by atoms with E-state index in [0.29, 0.717) is 11.8 Å². The van der Waals surface area contributed by atoms with Crippen molar-refractivity contribution >= 4 is 6.08 Å². The second-order valence-corrected chi connectivity index (χ2v) is 6.48. The monoisotopic (exact) mass is 340 g/mol. The van der Waals surface area contributed by atoms with E-state index in [1.165, 1.54) is 12.1 Å². The van der Waals surface area contributed by atoms with Gasteiger partial charge in [-0.25, -0.2) is 4.39 Å². The lowest BCUT2D eigenvalue weighted by Gasteiger charge is -2.27. The molecule has 0 heterocycles. The molecule has 0 spiro atoms. The molecule has 132 valence electrons. The molecular weight excluding hydrogens is 316 g/mol. The van der Waals surface area contributed by atoms with E-state index in [2.05, 4.69) is 19.1 Å². The first-order valence-electron chi connectivity index (χ1n) is 8.61. The molecule has 0 bridgehead atoms. The molecule has 0 atom stereocenters. The van der Waals surface area contributed by atoms with Crippen LogP contribution in [0.4, 0.5) is 17.6 Å². The fourth-order valence-electron chi connectivity index (χ4n) is 3.22. The van der Waals surface area contributed by atoms with Crippen LogP contribution in [0.2, 0.25) is 0 Å². The third-order valence-electron chi connectivity index (χ3n) is 4.58. The van der Waals surface area contributed by atoms with Crippen LogP contribution < -0.4 is 0 Å². The molecule has 1 aromatic rings. The normalized spacial score (nSPS) is 22.5. The van der Waals surface area contributed by atoms with E-state index in [1.807, 2.05) is 0 Å². The zero-order chi connectivity index (χ0) is 17.6. The molecule has 1 saturated carbocycles. The number of hydrogen-bond donors (Lipinski definition) is 0. The molecule has 0 nitrogen and oxygen atoms in total. The summed E-state index contributed by atoms with van der Waals surface area (Å²) in [4.78, 5) is 0. The minimum absolute atomic E-state index is 0.0211. The Morgan fingerprint density at radius 1 is 1.12 bits per heavy atom. The Kier molecular flexibility index (Phi) is 6.64. The Labute approximate surface area is 141 Å². The predicted molar refractivity (Wildman–Crippen MR) is 90.2 cm³/mol. The summed E-state index contributed by atoms with van der Waals surface area (Å²) in [5.41, 5.74) is 0.875. The molecule has 1 fully saturated rings. The van der Waals surface area contributed by atoms with Gasteiger partial charge < -0.3 is 0 Å². The van der Waals surface area contributed by atoms with Gasteiger partial charge in [0.2, 0.25) is 0 Å². The minimum Gasteiger partial charge on any atom is -0.206 e. The van der Waals surface area contributed by atoms with Gasteiger partial charge in [-0.3, -0.25) is 0 Å². The van der Waals surface area contributed by atoms with E-state index in [1.54, 1.807) is 6.07 Å². The standard InChI is InChI=1S/C20H24F4/c1-2-3-4-5-15-6-8-16(9-7-15)18-11-10-17(19(21)14-18)12-13-20(22,23)24/h4-5,10-16H,2-3,6-9H2,1H3/b5-4+,13-12-. The van der Waals surface area contributed by atoms with Gasteiger partial charge in [0.1, 0.15) is 5.82 Å². The van der Waals surface area contributed by atoms with Gasteiger partial charge in [0.05, 0.1) is 0 Å². The van der Waals surface area contributed by atoms with Crippen LogP contribution in [0.5, 0.6) is 0 Å². The first kappa shape index (κ1) is 18.8. The number of unbranched alkanes of at least 4 members (excludes halogenated alkanes) is 1. The van der Waals surface area contributed by atoms with Crippen LogP contribution in [-0.4, -0.2) is 6.18 Å². The zero-order valence-corrected chi connectivity index (χ0v) is 14.0. The van der Waals surface area contributed by atoms with Crippen molar-refractivity contribution in [2.24, 2.45) is 5.92 Å². The van der Waals surface area contributed by atoms with Gasteiger partial charge in [0.25, 0.3) is 0 Å². The number of rotatable bonds is 5. The van der Waals surface area contributed by atoms with Crippen molar-refractivity contribution in [3.63, 3.8) is 0 Å². The summed E-state index contributed by atoms with van der Waals surface area (Å²) in [6.07, 6.45) is 7.40. The Hall–Kier alpha value is -1.58. The summed E-state index contributed by atoms with van der Waals surface area (Å²) < 4.78 is 50.6. The fourth-order valence-corrected chi connectivity index (χ4v) is 3.22. The Bertz CT molecular complexity index is 576. The van der Waals surface area contributed by atoms with Crippen LogP contribution >= 0.6 is 0 Å². The number of alkyl halides is 3. The number of allylic oxidation sites excluding steroid dienone is 3. The molecule has 24 heavy (non-hydrogen) atoms. The third-order valence-corrected chi connectivity index (χ3v) is 4.58. The van der Waals surface area contributed by atoms with Gasteiger partial charge in [0, 0.05) is 11.6 Å². The molecule has 0 aromatic heterocycles. The van der Waals surface area contributed by atoms with Crippen molar-refractivity contribution in [2.45, 2.75) is 57.5 Å². The summed E-state index contributed by atoms with van der Waals surface area (Å²) in [5.74, 6) is 0.320. The summed E-state index contributed by atoms with van der Waals surface area (Å²) >= 11 is 0. The van der Waals surface area contributed by atoms with E-state index < -0.39 is 12.0 Å². The summed E-state index contributed by atoms with van der Waals surface area (Å²) in [7, 11) is 0. The van der Waals surface area contributed by atoms with Gasteiger partial charge in [-0.1, -0.05) is 37.6 Å². The van der Waals surface area contributed by atoms with Crippen molar-refractivity contribution in [1.82, 2.24) is 0 Å². The van der Waals surface area contributed by atoms with E-state index in [-0.39, 0.29) is 11.6 Å². The maximum Gasteiger partial charge on any atom is 0.409 e. The molecular formula is C20H24F4. The predicted octanol–water partition coefficient (Wildman–Crippen LogP) is 7.03. The van der Waals surface area contributed by atoms with Gasteiger partial charge >= 0.3 is 6.18 Å². The molecule has 4 heteroatoms. The van der Waals surface area contributed by atoms with Crippen molar-refractivity contribution in [1.29, 1.82) is 0 Å². The second-order valence-electron chi connectivity index (χ2n) is 6.48. The van der Waals surface area contributed by atoms with Crippen LogP contribution in [0.15, 0.2) is 36.4 Å². The highest BCUT2D eigenvalue weighted by atomic mass is 19.4. The topological polar surface area (TPSA) is 0 Å². The highest BCUT2D eigenvalue weighted by molar-refractivity contribution is 5.51. The Balaban J connectivity index is 1.97. The molecule has 0 amide bonds. The third kappa shape index (κ3) is 5.81. The Morgan fingerprint density at radius 2 is 1.83 bits per heavy atom. The quantitative estimate of drug-likeness (QED) is 0.398. The van der Waals surface area contributed by atoms with Crippen molar-refractivity contribution in [2.75, 3.05) is 0 Å². The zero-order valence-electron chi connectivity index (χ0n) is 14.0. The summed E-state index contributed by atoms with van der Waals surface area (Å²) in [6.45, 7) is 2.16. The highest BCUT2D eigenvalue weighted by Crippen LogP contribution is 2.37. The molecule has 0 N–H and O–H groups in total. The molecule has 1 aromatic carbocycles. The number of hydrogen-bond acceptors (Lipinski definition) is 0. The summed E-state index contributed by atoms with van der Waals surface area (Å²) in [5, 5.41) is 0. The van der Waals surface area contributed by atoms with E-state index in [0.717, 1.165) is 50.2 Å². The van der Waals surface area contributed by atoms with Gasteiger partial charge in [-0.2, -0.15) is 13.2 Å². The first-order valence-corrected chi connectivity index (χ1v) is 8.61. The molecule has 2 rings (SSSR count). The van der Waals surface area contributed by atoms with Crippen LogP contribution in [0, 0.1) is 11.7 Å². The van der Waals surface area contributed by atoms with Crippen molar-refractivity contribution in [3.8, 4) is 0 Å². The lowest BCUT2D eigenvalue weighted by Crippen LogP contribution is -2.12. The van der Waals surface area contributed by atoms with E-state index in [9.17, 15) is 17.6 Å². The number of benzene rings is 1. The minimum atomic E-state index is -4.42. The van der Waals surface area contributed by atoms with E-state index in [4.69, 9.17) is 0 Å². The van der Waals surface area contributed by atoms with Crippen LogP contribution in [0.25, 0.3) is 6.08 Å². The maximum atomic E-state index is 14.0. The lowest BCUT2D eigenvalue weighted by atomic mass is 9.78. The molecule has 0 aliphatic heterocycles. The van der Waals surface area contributed by atoms with Crippen molar-refractivity contribution < 1.29 is 17.6 Å². The Morgan fingerprint density at radius 3 is 2.42 bits per heavy atom. The maximum absolute atomic E-state index is 14.0. The second kappa shape index (κ2) is 8.50. The van der Waals surface area contributed by atoms with Gasteiger partial charge in [0.15, 0.2) is 0 Å². The van der Waals surface area contributed by atoms with Crippen LogP contribution in [0.1, 0.15) is 62.5 Å². The average Bonchev–Trinajstić information content (AvgIpc) is 2.54. The van der Waals surface area contributed by atoms with Crippen LogP contribution in [0.3, 0.4) is 0 Å². The fraction of sp³-hybridized carbons (Fsp3) is 0.500. The van der Waals surface area contributed by atoms with Gasteiger partial charge in [-0.15, -0.1) is 0 Å². The smallest absolute Gasteiger partial charge is 0.206 e. The molecule has 0 saturated heterocycles. The average molecular weight is 340 g/mol. The van der Waals surface area contributed by atoms with Crippen molar-refractivity contribution in [3.05, 3.63) is 53.4 Å². The largest absolute Gasteiger partial charge is 0.409 e. The molecule has 0 unspecified atom stereocenters. The molecule has 1 aliphatic carbocycles. The number of halogens is 4. The molecule has 0 radical (unpaired) electrons. The molecule has 1 aliphatic rings. The highest BCUT2D eigenvalue weighted by Gasteiger charge is 2.23. The van der Waals surface area contributed by atoms with Crippen LogP contribution in [-0.2, 0) is 0 Å². The van der Waals surface area contributed by atoms with Gasteiger partial charge in [-0.05, 0) is 61.6 Å². The SMILES string of the molecule is CCC/C=C/C1CCC(c2ccc(/C=C\C(F)(F)F)c(F)c2)CC1. The first-order chi connectivity index (χ1) is 11.4. The lowest BCUT2D eigenvalue weighted by molar-refractivity contribution is -0.0790.